The number of hydrogen-bond donors (Lipinski definition) is 3. The van der Waals surface area contributed by atoms with Crippen LogP contribution in [-0.4, -0.2) is 89.2 Å². The normalized spacial score (nSPS) is 18.8. The lowest BCUT2D eigenvalue weighted by Crippen LogP contribution is -2.61. The van der Waals surface area contributed by atoms with Crippen LogP contribution >= 0.6 is 0 Å². The van der Waals surface area contributed by atoms with Gasteiger partial charge in [0.15, 0.2) is 24.6 Å². The number of aliphatic hydroxyl groups excluding tert-OH is 2. The summed E-state index contributed by atoms with van der Waals surface area (Å²) in [5.41, 5.74) is 0. The third kappa shape index (κ3) is 42.1. The highest BCUT2D eigenvalue weighted by Crippen LogP contribution is 2.26. The highest BCUT2D eigenvalue weighted by molar-refractivity contribution is 5.74. The molecule has 0 spiro atoms. The molecule has 0 aromatic heterocycles. The molecule has 1 saturated heterocycles. The zero-order valence-corrected chi connectivity index (χ0v) is 47.9. The molecule has 6 atom stereocenters. The quantitative estimate of drug-likeness (QED) is 0.0228. The Kier molecular flexibility index (Phi) is 47.6. The molecule has 12 heteroatoms. The van der Waals surface area contributed by atoms with Crippen LogP contribution in [0.15, 0.2) is 109 Å². The van der Waals surface area contributed by atoms with E-state index in [4.69, 9.17) is 23.7 Å². The summed E-state index contributed by atoms with van der Waals surface area (Å²) in [5.74, 6) is -3.20. The van der Waals surface area contributed by atoms with Gasteiger partial charge in [-0.15, -0.1) is 0 Å². The smallest absolute Gasteiger partial charge is 0.335 e. The fourth-order valence-corrected chi connectivity index (χ4v) is 8.28. The van der Waals surface area contributed by atoms with E-state index in [0.717, 1.165) is 148 Å². The molecule has 1 rings (SSSR count). The van der Waals surface area contributed by atoms with Crippen molar-refractivity contribution in [3.8, 4) is 0 Å². The van der Waals surface area contributed by atoms with Crippen molar-refractivity contribution in [1.29, 1.82) is 0 Å². The maximum absolute atomic E-state index is 13.2. The third-order valence-corrected chi connectivity index (χ3v) is 12.8. The van der Waals surface area contributed by atoms with E-state index >= 15 is 0 Å². The Bertz CT molecular complexity index is 1750. The number of carbonyl (C=O) groups excluding carboxylic acids is 3. The Morgan fingerprint density at radius 1 is 0.442 bits per heavy atom. The molecular formula is C65H104O12. The van der Waals surface area contributed by atoms with E-state index in [1.807, 2.05) is 0 Å². The van der Waals surface area contributed by atoms with E-state index < -0.39 is 67.3 Å². The Labute approximate surface area is 465 Å². The Balaban J connectivity index is 2.73. The van der Waals surface area contributed by atoms with Gasteiger partial charge in [0.05, 0.1) is 6.61 Å². The molecule has 0 aliphatic carbocycles. The van der Waals surface area contributed by atoms with Gasteiger partial charge in [0.1, 0.15) is 18.8 Å². The van der Waals surface area contributed by atoms with Gasteiger partial charge in [0.2, 0.25) is 0 Å². The van der Waals surface area contributed by atoms with E-state index in [-0.39, 0.29) is 25.9 Å². The fraction of sp³-hybridized carbons (Fsp3) is 0.662. The summed E-state index contributed by atoms with van der Waals surface area (Å²) in [6.45, 7) is 5.70. The summed E-state index contributed by atoms with van der Waals surface area (Å²) in [7, 11) is 0. The monoisotopic (exact) mass is 1080 g/mol. The predicted octanol–water partition coefficient (Wildman–Crippen LogP) is 15.4. The average Bonchev–Trinajstić information content (AvgIpc) is 3.43. The summed E-state index contributed by atoms with van der Waals surface area (Å²) in [4.78, 5) is 51.2. The van der Waals surface area contributed by atoms with Gasteiger partial charge in [-0.25, -0.2) is 4.79 Å². The zero-order chi connectivity index (χ0) is 56.1. The topological polar surface area (TPSA) is 175 Å². The molecule has 0 aromatic carbocycles. The minimum absolute atomic E-state index is 0.0237. The van der Waals surface area contributed by atoms with E-state index in [2.05, 4.69) is 130 Å². The van der Waals surface area contributed by atoms with Crippen molar-refractivity contribution in [2.75, 3.05) is 13.2 Å². The number of aliphatic carboxylic acids is 1. The van der Waals surface area contributed by atoms with Gasteiger partial charge in [-0.2, -0.15) is 0 Å². The maximum Gasteiger partial charge on any atom is 0.335 e. The van der Waals surface area contributed by atoms with Crippen LogP contribution in [-0.2, 0) is 42.9 Å². The van der Waals surface area contributed by atoms with Crippen LogP contribution in [0.4, 0.5) is 0 Å². The van der Waals surface area contributed by atoms with Gasteiger partial charge in [-0.3, -0.25) is 14.4 Å². The maximum atomic E-state index is 13.2. The van der Waals surface area contributed by atoms with Gasteiger partial charge in [0, 0.05) is 19.3 Å². The Morgan fingerprint density at radius 2 is 0.818 bits per heavy atom. The zero-order valence-electron chi connectivity index (χ0n) is 47.9. The number of unbranched alkanes of at least 4 members (excludes halogenated alkanes) is 17. The van der Waals surface area contributed by atoms with Crippen LogP contribution in [0.5, 0.6) is 0 Å². The van der Waals surface area contributed by atoms with Crippen molar-refractivity contribution in [2.24, 2.45) is 0 Å². The van der Waals surface area contributed by atoms with E-state index in [0.29, 0.717) is 19.3 Å². The lowest BCUT2D eigenvalue weighted by atomic mass is 9.98. The molecule has 0 aromatic rings. The number of rotatable bonds is 49. The first-order valence-electron chi connectivity index (χ1n) is 29.9. The summed E-state index contributed by atoms with van der Waals surface area (Å²) < 4.78 is 28.4. The van der Waals surface area contributed by atoms with Crippen molar-refractivity contribution >= 4 is 23.9 Å². The van der Waals surface area contributed by atoms with Crippen LogP contribution in [0.1, 0.15) is 226 Å². The molecule has 1 heterocycles. The van der Waals surface area contributed by atoms with Gasteiger partial charge < -0.3 is 39.0 Å². The van der Waals surface area contributed by atoms with Gasteiger partial charge in [0.25, 0.3) is 0 Å². The van der Waals surface area contributed by atoms with Crippen LogP contribution in [0, 0.1) is 0 Å². The van der Waals surface area contributed by atoms with Gasteiger partial charge in [-0.05, 0) is 122 Å². The summed E-state index contributed by atoms with van der Waals surface area (Å²) in [6.07, 6.45) is 57.6. The van der Waals surface area contributed by atoms with Crippen molar-refractivity contribution < 1.29 is 58.2 Å². The first-order chi connectivity index (χ1) is 37.6. The SMILES string of the molecule is CC/C=C\C/C=C\C/C=C\C/C=C\CCCCCCC(=O)OC1C(OCC(COC(=O)CCCCCCC/C=C\C/C=C\C/C=C\CC)OC(=O)CCCCCCC/C=C\C/C=C\CCCCC)OC(C(=O)O)C(O)C1O. The van der Waals surface area contributed by atoms with Crippen LogP contribution in [0.3, 0.4) is 0 Å². The molecule has 12 nitrogen and oxygen atoms in total. The van der Waals surface area contributed by atoms with E-state index in [9.17, 15) is 34.5 Å². The number of esters is 3. The average molecular weight is 1080 g/mol. The number of hydrogen-bond acceptors (Lipinski definition) is 11. The van der Waals surface area contributed by atoms with Crippen LogP contribution in [0.2, 0.25) is 0 Å². The molecule has 0 radical (unpaired) electrons. The van der Waals surface area contributed by atoms with Gasteiger partial charge in [-0.1, -0.05) is 194 Å². The lowest BCUT2D eigenvalue weighted by molar-refractivity contribution is -0.301. The fourth-order valence-electron chi connectivity index (χ4n) is 8.28. The molecule has 6 unspecified atom stereocenters. The van der Waals surface area contributed by atoms with Crippen molar-refractivity contribution in [2.45, 2.75) is 263 Å². The third-order valence-electron chi connectivity index (χ3n) is 12.8. The second-order valence-electron chi connectivity index (χ2n) is 19.9. The number of ether oxygens (including phenoxy) is 5. The van der Waals surface area contributed by atoms with Crippen molar-refractivity contribution in [1.82, 2.24) is 0 Å². The molecule has 1 aliphatic heterocycles. The number of allylic oxidation sites excluding steroid dienone is 18. The largest absolute Gasteiger partial charge is 0.479 e. The van der Waals surface area contributed by atoms with Crippen LogP contribution < -0.4 is 0 Å². The molecule has 0 saturated carbocycles. The minimum atomic E-state index is -1.92. The number of carboxylic acid groups (broad SMARTS) is 1. The van der Waals surface area contributed by atoms with Crippen molar-refractivity contribution in [3.05, 3.63) is 109 Å². The van der Waals surface area contributed by atoms with E-state index in [1.165, 1.54) is 19.3 Å². The summed E-state index contributed by atoms with van der Waals surface area (Å²) in [5, 5.41) is 31.5. The highest BCUT2D eigenvalue weighted by Gasteiger charge is 2.50. The summed E-state index contributed by atoms with van der Waals surface area (Å²) in [6, 6.07) is 0. The number of carbonyl (C=O) groups is 4. The minimum Gasteiger partial charge on any atom is -0.479 e. The lowest BCUT2D eigenvalue weighted by Gasteiger charge is -2.40. The molecule has 1 aliphatic rings. The van der Waals surface area contributed by atoms with Crippen LogP contribution in [0.25, 0.3) is 0 Å². The predicted molar refractivity (Wildman–Crippen MR) is 312 cm³/mol. The Hall–Kier alpha value is -4.62. The standard InChI is InChI=1S/C65H104O12/c1-4-7-10-13-16-19-22-25-28-29-32-35-38-41-44-47-50-53-59(68)76-63-61(70)60(69)62(64(71)72)77-65(63)74-55-56(75-58(67)52-49-46-43-40-37-34-31-27-24-21-18-15-12-9-6-3)54-73-57(66)51-48-45-42-39-36-33-30-26-23-20-17-14-11-8-5-2/h7-8,10-11,16-21,25-28,30-32,35,56,60-63,65,69-70H,4-6,9,12-15,22-24,29,33-34,36-55H2,1-3H3,(H,71,72)/b10-7-,11-8-,19-16-,20-17-,21-18-,28-25-,30-26-,31-27-,35-32-. The number of carboxylic acids is 1. The Morgan fingerprint density at radius 3 is 1.25 bits per heavy atom. The molecule has 436 valence electrons. The molecule has 0 amide bonds. The molecular weight excluding hydrogens is 973 g/mol. The first kappa shape index (κ1) is 70.4. The molecule has 1 fully saturated rings. The highest BCUT2D eigenvalue weighted by atomic mass is 16.7. The molecule has 3 N–H and O–H groups in total. The second-order valence-corrected chi connectivity index (χ2v) is 19.9. The van der Waals surface area contributed by atoms with Crippen molar-refractivity contribution in [3.63, 3.8) is 0 Å². The first-order valence-corrected chi connectivity index (χ1v) is 29.9. The molecule has 77 heavy (non-hydrogen) atoms. The molecule has 0 bridgehead atoms. The number of aliphatic hydroxyl groups is 2. The van der Waals surface area contributed by atoms with Gasteiger partial charge >= 0.3 is 23.9 Å². The van der Waals surface area contributed by atoms with E-state index in [1.54, 1.807) is 0 Å². The second kappa shape index (κ2) is 52.1. The summed E-state index contributed by atoms with van der Waals surface area (Å²) >= 11 is 0.